The van der Waals surface area contributed by atoms with Gasteiger partial charge < -0.3 is 5.32 Å². The van der Waals surface area contributed by atoms with Gasteiger partial charge >= 0.3 is 0 Å². The quantitative estimate of drug-likeness (QED) is 0.920. The maximum absolute atomic E-state index is 4.51. The van der Waals surface area contributed by atoms with E-state index < -0.39 is 0 Å². The van der Waals surface area contributed by atoms with Gasteiger partial charge in [-0.15, -0.1) is 0 Å². The molecule has 23 heavy (non-hydrogen) atoms. The Kier molecular flexibility index (Phi) is 5.53. The Morgan fingerprint density at radius 2 is 2.04 bits per heavy atom. The molecule has 2 aromatic heterocycles. The second-order valence-electron chi connectivity index (χ2n) is 6.24. The summed E-state index contributed by atoms with van der Waals surface area (Å²) in [6, 6.07) is 6.15. The van der Waals surface area contributed by atoms with Crippen molar-refractivity contribution >= 4 is 5.82 Å². The van der Waals surface area contributed by atoms with Crippen LogP contribution in [-0.2, 0) is 13.0 Å². The van der Waals surface area contributed by atoms with Crippen molar-refractivity contribution in [2.75, 3.05) is 25.5 Å². The molecule has 122 valence electrons. The normalized spacial score (nSPS) is 19.3. The Morgan fingerprint density at radius 1 is 1.09 bits per heavy atom. The van der Waals surface area contributed by atoms with Crippen molar-refractivity contribution in [1.29, 1.82) is 0 Å². The van der Waals surface area contributed by atoms with Crippen LogP contribution < -0.4 is 5.32 Å². The molecule has 0 saturated carbocycles. The summed E-state index contributed by atoms with van der Waals surface area (Å²) in [6.45, 7) is 3.27. The van der Waals surface area contributed by atoms with Gasteiger partial charge in [0.25, 0.3) is 0 Å². The molecule has 1 unspecified atom stereocenters. The van der Waals surface area contributed by atoms with Crippen molar-refractivity contribution in [3.05, 3.63) is 48.2 Å². The van der Waals surface area contributed by atoms with Gasteiger partial charge in [0.2, 0.25) is 0 Å². The maximum Gasteiger partial charge on any atom is 0.144 e. The van der Waals surface area contributed by atoms with Crippen LogP contribution in [0.5, 0.6) is 0 Å². The molecule has 0 bridgehead atoms. The van der Waals surface area contributed by atoms with Gasteiger partial charge in [-0.05, 0) is 56.8 Å². The molecule has 3 heterocycles. The lowest BCUT2D eigenvalue weighted by Gasteiger charge is -2.19. The molecule has 1 N–H and O–H groups in total. The zero-order valence-corrected chi connectivity index (χ0v) is 13.8. The largest absolute Gasteiger partial charge is 0.372 e. The highest BCUT2D eigenvalue weighted by Crippen LogP contribution is 2.22. The van der Waals surface area contributed by atoms with Crippen molar-refractivity contribution in [2.24, 2.45) is 5.92 Å². The van der Waals surface area contributed by atoms with Crippen LogP contribution in [0.3, 0.4) is 0 Å². The van der Waals surface area contributed by atoms with Gasteiger partial charge in [0.15, 0.2) is 0 Å². The molecule has 1 atom stereocenters. The zero-order chi connectivity index (χ0) is 15.9. The van der Waals surface area contributed by atoms with Crippen LogP contribution in [0.1, 0.15) is 30.7 Å². The number of nitrogens with zero attached hydrogens (tertiary/aromatic N) is 4. The molecule has 2 aromatic rings. The number of hydrogen-bond acceptors (Lipinski definition) is 5. The molecule has 1 fully saturated rings. The fourth-order valence-corrected chi connectivity index (χ4v) is 3.19. The molecule has 0 spiro atoms. The van der Waals surface area contributed by atoms with Crippen LogP contribution >= 0.6 is 0 Å². The zero-order valence-electron chi connectivity index (χ0n) is 13.8. The summed E-state index contributed by atoms with van der Waals surface area (Å²) in [5.41, 5.74) is 2.27. The van der Waals surface area contributed by atoms with E-state index in [0.717, 1.165) is 37.6 Å². The minimum absolute atomic E-state index is 0.707. The third-order valence-corrected chi connectivity index (χ3v) is 4.51. The number of aromatic nitrogens is 3. The van der Waals surface area contributed by atoms with Crippen molar-refractivity contribution in [3.63, 3.8) is 0 Å². The third-order valence-electron chi connectivity index (χ3n) is 4.51. The molecule has 1 aliphatic heterocycles. The fraction of sp³-hybridized carbons (Fsp3) is 0.500. The third kappa shape index (κ3) is 4.73. The van der Waals surface area contributed by atoms with E-state index in [-0.39, 0.29) is 0 Å². The van der Waals surface area contributed by atoms with E-state index >= 15 is 0 Å². The molecule has 3 rings (SSSR count). The molecule has 5 nitrogen and oxygen atoms in total. The predicted octanol–water partition coefficient (Wildman–Crippen LogP) is 2.76. The molecule has 0 aromatic carbocycles. The number of likely N-dealkylation sites (tertiary alicyclic amines) is 1. The minimum Gasteiger partial charge on any atom is -0.372 e. The Morgan fingerprint density at radius 3 is 2.78 bits per heavy atom. The van der Waals surface area contributed by atoms with Gasteiger partial charge in [-0.3, -0.25) is 14.9 Å². The average Bonchev–Trinajstić information content (AvgIpc) is 2.82. The summed E-state index contributed by atoms with van der Waals surface area (Å²) in [7, 11) is 1.87. The first kappa shape index (κ1) is 15.9. The topological polar surface area (TPSA) is 53.9 Å². The van der Waals surface area contributed by atoms with Gasteiger partial charge in [0.05, 0.1) is 23.8 Å². The first-order chi connectivity index (χ1) is 11.3. The summed E-state index contributed by atoms with van der Waals surface area (Å²) in [4.78, 5) is 15.8. The maximum atomic E-state index is 4.51. The Labute approximate surface area is 138 Å². The first-order valence-electron chi connectivity index (χ1n) is 8.44. The molecule has 5 heteroatoms. The van der Waals surface area contributed by atoms with Crippen molar-refractivity contribution in [2.45, 2.75) is 32.2 Å². The highest BCUT2D eigenvalue weighted by Gasteiger charge is 2.18. The number of anilines is 1. The van der Waals surface area contributed by atoms with Crippen LogP contribution in [0.15, 0.2) is 36.8 Å². The Hall–Kier alpha value is -2.01. The first-order valence-corrected chi connectivity index (χ1v) is 8.44. The van der Waals surface area contributed by atoms with Crippen molar-refractivity contribution in [1.82, 2.24) is 19.9 Å². The van der Waals surface area contributed by atoms with Gasteiger partial charge in [0.1, 0.15) is 5.82 Å². The number of rotatable bonds is 5. The molecular formula is C18H25N5. The summed E-state index contributed by atoms with van der Waals surface area (Å²) >= 11 is 0. The second kappa shape index (κ2) is 8.02. The van der Waals surface area contributed by atoms with E-state index in [0.29, 0.717) is 5.92 Å². The summed E-state index contributed by atoms with van der Waals surface area (Å²) in [5, 5.41) is 3.01. The number of pyridine rings is 1. The molecule has 1 saturated heterocycles. The van der Waals surface area contributed by atoms with Crippen LogP contribution in [0, 0.1) is 5.92 Å². The van der Waals surface area contributed by atoms with Gasteiger partial charge in [-0.1, -0.05) is 6.07 Å². The smallest absolute Gasteiger partial charge is 0.144 e. The standard InChI is InChI=1S/C18H25N5/c1-19-18-13-21-17(12-22-18)11-15-5-4-9-23(10-7-15)14-16-6-2-3-8-20-16/h2-3,6,8,12-13,15H,4-5,7,9-11,14H2,1H3,(H,19,22). The van der Waals surface area contributed by atoms with Crippen LogP contribution in [0.4, 0.5) is 5.82 Å². The Balaban J connectivity index is 1.51. The van der Waals surface area contributed by atoms with E-state index in [9.17, 15) is 0 Å². The van der Waals surface area contributed by atoms with Crippen molar-refractivity contribution in [3.8, 4) is 0 Å². The lowest BCUT2D eigenvalue weighted by molar-refractivity contribution is 0.269. The second-order valence-corrected chi connectivity index (χ2v) is 6.24. The molecule has 1 aliphatic rings. The van der Waals surface area contributed by atoms with E-state index in [1.807, 2.05) is 31.7 Å². The average molecular weight is 311 g/mol. The van der Waals surface area contributed by atoms with E-state index in [4.69, 9.17) is 0 Å². The molecule has 0 aliphatic carbocycles. The van der Waals surface area contributed by atoms with Crippen LogP contribution in [-0.4, -0.2) is 40.0 Å². The highest BCUT2D eigenvalue weighted by atomic mass is 15.1. The lowest BCUT2D eigenvalue weighted by Crippen LogP contribution is -2.24. The highest BCUT2D eigenvalue weighted by molar-refractivity contribution is 5.29. The lowest BCUT2D eigenvalue weighted by atomic mass is 9.95. The molecular weight excluding hydrogens is 286 g/mol. The van der Waals surface area contributed by atoms with Gasteiger partial charge in [-0.25, -0.2) is 4.98 Å². The number of hydrogen-bond donors (Lipinski definition) is 1. The van der Waals surface area contributed by atoms with Crippen molar-refractivity contribution < 1.29 is 0 Å². The Bertz CT molecular complexity index is 584. The molecule has 0 amide bonds. The van der Waals surface area contributed by atoms with Gasteiger partial charge in [0, 0.05) is 19.8 Å². The summed E-state index contributed by atoms with van der Waals surface area (Å²) in [5.74, 6) is 1.54. The fourth-order valence-electron chi connectivity index (χ4n) is 3.19. The van der Waals surface area contributed by atoms with Crippen LogP contribution in [0.2, 0.25) is 0 Å². The van der Waals surface area contributed by atoms with E-state index in [2.05, 4.69) is 37.3 Å². The SMILES string of the molecule is CNc1cnc(CC2CCCN(Cc3ccccn3)CC2)cn1. The number of nitrogens with one attached hydrogen (secondary N) is 1. The van der Waals surface area contributed by atoms with E-state index in [1.165, 1.54) is 25.0 Å². The monoisotopic (exact) mass is 311 g/mol. The summed E-state index contributed by atoms with van der Waals surface area (Å²) < 4.78 is 0. The van der Waals surface area contributed by atoms with E-state index in [1.54, 1.807) is 0 Å². The van der Waals surface area contributed by atoms with Gasteiger partial charge in [-0.2, -0.15) is 0 Å². The van der Waals surface area contributed by atoms with Crippen LogP contribution in [0.25, 0.3) is 0 Å². The summed E-state index contributed by atoms with van der Waals surface area (Å²) in [6.07, 6.45) is 10.4. The minimum atomic E-state index is 0.707. The predicted molar refractivity (Wildman–Crippen MR) is 92.1 cm³/mol. The molecule has 0 radical (unpaired) electrons.